The van der Waals surface area contributed by atoms with Gasteiger partial charge in [-0.15, -0.1) is 0 Å². The van der Waals surface area contributed by atoms with Crippen LogP contribution in [0.1, 0.15) is 36.9 Å². The second-order valence-electron chi connectivity index (χ2n) is 7.94. The van der Waals surface area contributed by atoms with Gasteiger partial charge in [-0.05, 0) is 54.8 Å². The Labute approximate surface area is 199 Å². The monoisotopic (exact) mass is 459 g/mol. The summed E-state index contributed by atoms with van der Waals surface area (Å²) in [7, 11) is 1.64. The number of likely N-dealkylation sites (N-methyl/N-ethyl adjacent to an activating group) is 1. The van der Waals surface area contributed by atoms with Crippen molar-refractivity contribution < 1.29 is 14.4 Å². The molecule has 0 saturated carbocycles. The highest BCUT2D eigenvalue weighted by atomic mass is 16.2. The van der Waals surface area contributed by atoms with Gasteiger partial charge in [0.1, 0.15) is 6.04 Å². The molecule has 1 fully saturated rings. The number of benzene rings is 1. The zero-order valence-corrected chi connectivity index (χ0v) is 19.6. The van der Waals surface area contributed by atoms with Gasteiger partial charge in [0, 0.05) is 37.5 Å². The van der Waals surface area contributed by atoms with E-state index in [0.717, 1.165) is 10.5 Å². The lowest BCUT2D eigenvalue weighted by atomic mass is 10.0. The number of hydrogen-bond donors (Lipinski definition) is 1. The van der Waals surface area contributed by atoms with Crippen molar-refractivity contribution in [2.45, 2.75) is 38.8 Å². The molecule has 1 aliphatic heterocycles. The zero-order valence-electron chi connectivity index (χ0n) is 19.6. The van der Waals surface area contributed by atoms with Gasteiger partial charge in [0.25, 0.3) is 5.91 Å². The lowest BCUT2D eigenvalue weighted by molar-refractivity contribution is -0.147. The smallest absolute Gasteiger partial charge is 0.325 e. The minimum absolute atomic E-state index is 0.0348. The first-order valence-electron chi connectivity index (χ1n) is 11.1. The molecule has 8 nitrogen and oxygen atoms in total. The highest BCUT2D eigenvalue weighted by Crippen LogP contribution is 2.25. The summed E-state index contributed by atoms with van der Waals surface area (Å²) in [5, 5.41) is 2.83. The summed E-state index contributed by atoms with van der Waals surface area (Å²) in [6.45, 7) is 3.98. The van der Waals surface area contributed by atoms with Crippen molar-refractivity contribution in [3.63, 3.8) is 0 Å². The molecule has 2 unspecified atom stereocenters. The van der Waals surface area contributed by atoms with E-state index in [0.29, 0.717) is 12.1 Å². The quantitative estimate of drug-likeness (QED) is 0.584. The lowest BCUT2D eigenvalue weighted by Crippen LogP contribution is -2.64. The van der Waals surface area contributed by atoms with E-state index in [9.17, 15) is 14.4 Å². The van der Waals surface area contributed by atoms with Gasteiger partial charge in [0.2, 0.25) is 5.91 Å². The second-order valence-corrected chi connectivity index (χ2v) is 7.94. The van der Waals surface area contributed by atoms with E-state index in [4.69, 9.17) is 0 Å². The molecule has 1 N–H and O–H groups in total. The molecule has 2 aromatic heterocycles. The first kappa shape index (κ1) is 24.6. The van der Waals surface area contributed by atoms with Crippen LogP contribution in [0.15, 0.2) is 79.4 Å². The number of carbonyl (C=O) groups excluding carboxylic acids is 3. The third-order valence-electron chi connectivity index (χ3n) is 5.57. The van der Waals surface area contributed by atoms with Crippen LogP contribution in [0.2, 0.25) is 0 Å². The summed E-state index contributed by atoms with van der Waals surface area (Å²) in [6.07, 6.45) is 7.59. The van der Waals surface area contributed by atoms with Crippen molar-refractivity contribution in [3.8, 4) is 0 Å². The number of imide groups is 1. The van der Waals surface area contributed by atoms with Crippen molar-refractivity contribution in [2.24, 2.45) is 0 Å². The molecule has 8 heteroatoms. The standard InChI is InChI=1S/C20H22N4O3.C6H7N/c1-3-16(14-8-7-11-21-13-14)22-20(27)24-17(12-18(24)25)19(26)23(2)15-9-5-4-6-10-15;1-6-2-4-7-5-3-6/h4-11,13,16-17H,3,12H2,1-2H3,(H,22,27);2-5H,1H3. The molecule has 1 aliphatic rings. The number of likely N-dealkylation sites (tertiary alicyclic amines) is 1. The fraction of sp³-hybridized carbons (Fsp3) is 0.269. The number of hydrogen-bond acceptors (Lipinski definition) is 5. The first-order valence-corrected chi connectivity index (χ1v) is 11.1. The van der Waals surface area contributed by atoms with Crippen LogP contribution < -0.4 is 10.2 Å². The Bertz CT molecular complexity index is 1090. The Hall–Kier alpha value is -4.07. The molecule has 0 aliphatic carbocycles. The first-order chi connectivity index (χ1) is 16.4. The number of rotatable bonds is 5. The van der Waals surface area contributed by atoms with Gasteiger partial charge in [-0.1, -0.05) is 31.2 Å². The fourth-order valence-corrected chi connectivity index (χ4v) is 3.52. The van der Waals surface area contributed by atoms with Crippen LogP contribution in [0.3, 0.4) is 0 Å². The summed E-state index contributed by atoms with van der Waals surface area (Å²) in [4.78, 5) is 47.8. The molecule has 0 spiro atoms. The number of pyridine rings is 2. The summed E-state index contributed by atoms with van der Waals surface area (Å²) in [5.41, 5.74) is 2.82. The van der Waals surface area contributed by atoms with Gasteiger partial charge < -0.3 is 10.2 Å². The number of nitrogens with zero attached hydrogens (tertiary/aromatic N) is 4. The predicted molar refractivity (Wildman–Crippen MR) is 130 cm³/mol. The number of urea groups is 1. The van der Waals surface area contributed by atoms with Gasteiger partial charge in [0.05, 0.1) is 12.5 Å². The normalized spacial score (nSPS) is 15.3. The molecular formula is C26H29N5O3. The lowest BCUT2D eigenvalue weighted by Gasteiger charge is -2.39. The number of aryl methyl sites for hydroxylation is 1. The number of β-lactam (4-membered cyclic amide) rings is 1. The van der Waals surface area contributed by atoms with Crippen molar-refractivity contribution in [1.29, 1.82) is 0 Å². The Morgan fingerprint density at radius 3 is 2.29 bits per heavy atom. The van der Waals surface area contributed by atoms with Gasteiger partial charge in [0.15, 0.2) is 0 Å². The average Bonchev–Trinajstić information content (AvgIpc) is 2.86. The molecule has 176 valence electrons. The predicted octanol–water partition coefficient (Wildman–Crippen LogP) is 3.90. The van der Waals surface area contributed by atoms with Crippen molar-refractivity contribution >= 4 is 23.5 Å². The molecule has 4 amide bonds. The third-order valence-corrected chi connectivity index (χ3v) is 5.57. The Balaban J connectivity index is 0.000000396. The highest BCUT2D eigenvalue weighted by molar-refractivity contribution is 6.11. The van der Waals surface area contributed by atoms with Crippen LogP contribution in [0.4, 0.5) is 10.5 Å². The van der Waals surface area contributed by atoms with Gasteiger partial charge >= 0.3 is 6.03 Å². The van der Waals surface area contributed by atoms with E-state index in [1.807, 2.05) is 50.2 Å². The van der Waals surface area contributed by atoms with Crippen LogP contribution in [0, 0.1) is 6.92 Å². The van der Waals surface area contributed by atoms with E-state index in [1.54, 1.807) is 50.0 Å². The molecule has 0 bridgehead atoms. The van der Waals surface area contributed by atoms with Crippen molar-refractivity contribution in [2.75, 3.05) is 11.9 Å². The number of anilines is 1. The van der Waals surface area contributed by atoms with E-state index in [2.05, 4.69) is 15.3 Å². The zero-order chi connectivity index (χ0) is 24.5. The van der Waals surface area contributed by atoms with E-state index in [-0.39, 0.29) is 24.3 Å². The Morgan fingerprint density at radius 1 is 1.06 bits per heavy atom. The summed E-state index contributed by atoms with van der Waals surface area (Å²) < 4.78 is 0. The Kier molecular flexibility index (Phi) is 8.45. The van der Waals surface area contributed by atoms with Crippen LogP contribution >= 0.6 is 0 Å². The minimum Gasteiger partial charge on any atom is -0.331 e. The van der Waals surface area contributed by atoms with Crippen LogP contribution in [0.25, 0.3) is 0 Å². The molecule has 4 rings (SSSR count). The number of aromatic nitrogens is 2. The maximum atomic E-state index is 12.8. The van der Waals surface area contributed by atoms with Crippen LogP contribution in [-0.2, 0) is 9.59 Å². The average molecular weight is 460 g/mol. The maximum Gasteiger partial charge on any atom is 0.325 e. The second kappa shape index (κ2) is 11.7. The number of nitrogens with one attached hydrogen (secondary N) is 1. The molecule has 3 aromatic rings. The molecular weight excluding hydrogens is 430 g/mol. The van der Waals surface area contributed by atoms with Crippen LogP contribution in [0.5, 0.6) is 0 Å². The summed E-state index contributed by atoms with van der Waals surface area (Å²) >= 11 is 0. The summed E-state index contributed by atoms with van der Waals surface area (Å²) in [6, 6.07) is 15.1. The number of para-hydroxylation sites is 1. The molecule has 34 heavy (non-hydrogen) atoms. The molecule has 3 heterocycles. The molecule has 2 atom stereocenters. The third kappa shape index (κ3) is 6.04. The van der Waals surface area contributed by atoms with E-state index >= 15 is 0 Å². The largest absolute Gasteiger partial charge is 0.331 e. The molecule has 1 aromatic carbocycles. The van der Waals surface area contributed by atoms with Crippen LogP contribution in [-0.4, -0.2) is 45.8 Å². The molecule has 1 saturated heterocycles. The summed E-state index contributed by atoms with van der Waals surface area (Å²) in [5.74, 6) is -0.640. The fourth-order valence-electron chi connectivity index (χ4n) is 3.52. The Morgan fingerprint density at radius 2 is 1.76 bits per heavy atom. The topological polar surface area (TPSA) is 95.5 Å². The van der Waals surface area contributed by atoms with Gasteiger partial charge in [-0.3, -0.25) is 24.5 Å². The SMILES string of the molecule is CCC(NC(=O)N1C(=O)CC1C(=O)N(C)c1ccccc1)c1cccnc1.Cc1ccncc1. The van der Waals surface area contributed by atoms with Gasteiger partial charge in [-0.2, -0.15) is 0 Å². The van der Waals surface area contributed by atoms with E-state index < -0.39 is 12.1 Å². The van der Waals surface area contributed by atoms with Crippen molar-refractivity contribution in [3.05, 3.63) is 90.5 Å². The maximum absolute atomic E-state index is 12.8. The van der Waals surface area contributed by atoms with E-state index in [1.165, 1.54) is 10.5 Å². The minimum atomic E-state index is -0.783. The number of amides is 4. The van der Waals surface area contributed by atoms with Gasteiger partial charge in [-0.25, -0.2) is 4.79 Å². The molecule has 0 radical (unpaired) electrons. The highest BCUT2D eigenvalue weighted by Gasteiger charge is 2.47. The van der Waals surface area contributed by atoms with Crippen molar-refractivity contribution in [1.82, 2.24) is 20.2 Å². The number of carbonyl (C=O) groups is 3.